The van der Waals surface area contributed by atoms with Crippen LogP contribution in [0, 0.1) is 5.92 Å². The molecule has 0 saturated carbocycles. The second-order valence-corrected chi connectivity index (χ2v) is 8.84. The molecule has 0 aliphatic rings. The van der Waals surface area contributed by atoms with Crippen molar-refractivity contribution in [2.24, 2.45) is 5.92 Å². The quantitative estimate of drug-likeness (QED) is 0.292. The van der Waals surface area contributed by atoms with Crippen LogP contribution in [0.2, 0.25) is 0 Å². The zero-order chi connectivity index (χ0) is 27.0. The third-order valence-electron chi connectivity index (χ3n) is 6.10. The fourth-order valence-corrected chi connectivity index (χ4v) is 4.07. The molecule has 6 nitrogen and oxygen atoms in total. The van der Waals surface area contributed by atoms with E-state index in [1.807, 2.05) is 30.3 Å². The van der Waals surface area contributed by atoms with Crippen LogP contribution in [-0.4, -0.2) is 41.2 Å². The van der Waals surface area contributed by atoms with Crippen LogP contribution in [0.1, 0.15) is 34.8 Å². The number of carbonyl (C=O) groups is 1. The summed E-state index contributed by atoms with van der Waals surface area (Å²) in [7, 11) is -0.487. The fourth-order valence-electron chi connectivity index (χ4n) is 4.07. The Morgan fingerprint density at radius 2 is 1.59 bits per heavy atom. The molecule has 1 unspecified atom stereocenters. The fraction of sp³-hybridized carbons (Fsp3) is 0.296. The molecule has 0 radical (unpaired) electrons. The lowest BCUT2D eigenvalue weighted by Gasteiger charge is -2.24. The highest BCUT2D eigenvalue weighted by Gasteiger charge is 2.33. The van der Waals surface area contributed by atoms with Crippen LogP contribution in [0.4, 0.5) is 13.2 Å². The van der Waals surface area contributed by atoms with Gasteiger partial charge in [-0.2, -0.15) is 13.2 Å². The van der Waals surface area contributed by atoms with Gasteiger partial charge in [-0.1, -0.05) is 60.7 Å². The van der Waals surface area contributed by atoms with Gasteiger partial charge in [-0.05, 0) is 54.2 Å². The first-order valence-electron chi connectivity index (χ1n) is 11.8. The summed E-state index contributed by atoms with van der Waals surface area (Å²) >= 11 is 0. The monoisotopic (exact) mass is 515 g/mol. The summed E-state index contributed by atoms with van der Waals surface area (Å²) in [5.41, 5.74) is 0.733. The summed E-state index contributed by atoms with van der Waals surface area (Å²) in [6.07, 6.45) is -5.48. The van der Waals surface area contributed by atoms with Crippen molar-refractivity contribution < 1.29 is 37.9 Å². The molecule has 0 saturated heterocycles. The molecule has 3 aromatic carbocycles. The third kappa shape index (κ3) is 8.35. The molecule has 0 bridgehead atoms. The van der Waals surface area contributed by atoms with E-state index in [0.29, 0.717) is 11.3 Å². The van der Waals surface area contributed by atoms with Crippen LogP contribution in [0.3, 0.4) is 0 Å². The Labute approximate surface area is 213 Å². The number of benzene rings is 3. The van der Waals surface area contributed by atoms with Gasteiger partial charge in [0.1, 0.15) is 5.75 Å². The molecule has 3 rings (SSSR count). The average Bonchev–Trinajstić information content (AvgIpc) is 2.88. The summed E-state index contributed by atoms with van der Waals surface area (Å²) in [6.45, 7) is 0. The van der Waals surface area contributed by atoms with Gasteiger partial charge in [0.15, 0.2) is 0 Å². The molecule has 3 aromatic rings. The van der Waals surface area contributed by atoms with Crippen molar-refractivity contribution in [1.82, 2.24) is 5.32 Å². The van der Waals surface area contributed by atoms with Gasteiger partial charge in [-0.25, -0.2) is 0 Å². The van der Waals surface area contributed by atoms with E-state index in [-0.39, 0.29) is 24.8 Å². The van der Waals surface area contributed by atoms with Crippen LogP contribution >= 0.6 is 0 Å². The molecule has 1 amide bonds. The maximum absolute atomic E-state index is 13.3. The van der Waals surface area contributed by atoms with Crippen LogP contribution in [0.25, 0.3) is 0 Å². The highest BCUT2D eigenvalue weighted by molar-refractivity contribution is 6.43. The van der Waals surface area contributed by atoms with Crippen LogP contribution < -0.4 is 10.1 Å². The summed E-state index contributed by atoms with van der Waals surface area (Å²) in [5.74, 6) is -1.96. The minimum absolute atomic E-state index is 0.0326. The highest BCUT2D eigenvalue weighted by Crippen LogP contribution is 2.30. The maximum Gasteiger partial charge on any atom is 0.475 e. The molecule has 0 aliphatic heterocycles. The standard InChI is InChI=1S/C27H29BF3NO5/c1-37-23-12-10-20(11-13-23)24(33)17-21(14-18-6-3-2-4-7-18)26(34)32-25(28(35)36)16-19-8-5-9-22(15-19)27(29,30)31/h2-13,15,21,24-25,33,35-36H,14,16-17H2,1H3,(H,32,34)/t21-,24?,25+/m1/s1. The number of hydrogen-bond acceptors (Lipinski definition) is 5. The number of alkyl halides is 3. The van der Waals surface area contributed by atoms with Crippen LogP contribution in [-0.2, 0) is 23.8 Å². The lowest BCUT2D eigenvalue weighted by Crippen LogP contribution is -2.50. The number of aliphatic hydroxyl groups is 1. The number of hydrogen-bond donors (Lipinski definition) is 4. The van der Waals surface area contributed by atoms with Gasteiger partial charge in [0, 0.05) is 5.92 Å². The molecule has 10 heteroatoms. The molecule has 37 heavy (non-hydrogen) atoms. The SMILES string of the molecule is COc1ccc(C(O)C[C@@H](Cc2ccccc2)C(=O)N[C@@H](Cc2cccc(C(F)(F)F)c2)B(O)O)cc1. The molecular formula is C27H29BF3NO5. The summed E-state index contributed by atoms with van der Waals surface area (Å²) in [5, 5.41) is 33.2. The van der Waals surface area contributed by atoms with Gasteiger partial charge >= 0.3 is 13.3 Å². The van der Waals surface area contributed by atoms with E-state index in [9.17, 15) is 33.1 Å². The average molecular weight is 515 g/mol. The Morgan fingerprint density at radius 3 is 2.19 bits per heavy atom. The Bertz CT molecular complexity index is 1140. The van der Waals surface area contributed by atoms with Crippen molar-refractivity contribution in [2.75, 3.05) is 7.11 Å². The van der Waals surface area contributed by atoms with Crippen LogP contribution in [0.15, 0.2) is 78.9 Å². The highest BCUT2D eigenvalue weighted by atomic mass is 19.4. The zero-order valence-corrected chi connectivity index (χ0v) is 20.2. The minimum atomic E-state index is -4.55. The van der Waals surface area contributed by atoms with Gasteiger partial charge in [0.25, 0.3) is 0 Å². The largest absolute Gasteiger partial charge is 0.497 e. The minimum Gasteiger partial charge on any atom is -0.497 e. The Hall–Kier alpha value is -3.34. The van der Waals surface area contributed by atoms with Gasteiger partial charge in [0.05, 0.1) is 24.7 Å². The number of carbonyl (C=O) groups excluding carboxylic acids is 1. The predicted octanol–water partition coefficient (Wildman–Crippen LogP) is 3.74. The number of aliphatic hydroxyl groups excluding tert-OH is 1. The van der Waals surface area contributed by atoms with Gasteiger partial charge in [-0.3, -0.25) is 4.79 Å². The van der Waals surface area contributed by atoms with E-state index in [2.05, 4.69) is 5.32 Å². The summed E-state index contributed by atoms with van der Waals surface area (Å²) < 4.78 is 44.4. The van der Waals surface area contributed by atoms with E-state index in [4.69, 9.17) is 4.74 Å². The lowest BCUT2D eigenvalue weighted by molar-refractivity contribution is -0.137. The van der Waals surface area contributed by atoms with Crippen molar-refractivity contribution >= 4 is 13.0 Å². The van der Waals surface area contributed by atoms with Gasteiger partial charge in [0.2, 0.25) is 5.91 Å². The number of amides is 1. The van der Waals surface area contributed by atoms with E-state index in [0.717, 1.165) is 17.7 Å². The predicted molar refractivity (Wildman–Crippen MR) is 133 cm³/mol. The summed E-state index contributed by atoms with van der Waals surface area (Å²) in [4.78, 5) is 13.3. The second kappa shape index (κ2) is 12.8. The van der Waals surface area contributed by atoms with Gasteiger partial charge in [-0.15, -0.1) is 0 Å². The third-order valence-corrected chi connectivity index (χ3v) is 6.10. The van der Waals surface area contributed by atoms with Crippen LogP contribution in [0.5, 0.6) is 5.75 Å². The number of rotatable bonds is 11. The molecule has 0 aromatic heterocycles. The number of methoxy groups -OCH3 is 1. The van der Waals surface area contributed by atoms with Crippen molar-refractivity contribution in [3.63, 3.8) is 0 Å². The van der Waals surface area contributed by atoms with Crippen molar-refractivity contribution in [3.05, 3.63) is 101 Å². The first kappa shape index (κ1) is 28.2. The molecule has 0 heterocycles. The van der Waals surface area contributed by atoms with Crippen molar-refractivity contribution in [3.8, 4) is 5.75 Å². The number of ether oxygens (including phenoxy) is 1. The lowest BCUT2D eigenvalue weighted by atomic mass is 9.75. The molecule has 196 valence electrons. The topological polar surface area (TPSA) is 99.0 Å². The smallest absolute Gasteiger partial charge is 0.475 e. The number of halogens is 3. The summed E-state index contributed by atoms with van der Waals surface area (Å²) in [6, 6.07) is 20.4. The van der Waals surface area contributed by atoms with E-state index >= 15 is 0 Å². The van der Waals surface area contributed by atoms with Crippen molar-refractivity contribution in [2.45, 2.75) is 37.5 Å². The van der Waals surface area contributed by atoms with E-state index in [1.54, 1.807) is 24.3 Å². The van der Waals surface area contributed by atoms with E-state index in [1.165, 1.54) is 19.2 Å². The first-order valence-corrected chi connectivity index (χ1v) is 11.8. The normalized spacial score (nSPS) is 13.9. The Kier molecular flexibility index (Phi) is 9.74. The van der Waals surface area contributed by atoms with Crippen molar-refractivity contribution in [1.29, 1.82) is 0 Å². The Balaban J connectivity index is 1.78. The second-order valence-electron chi connectivity index (χ2n) is 8.84. The van der Waals surface area contributed by atoms with Gasteiger partial charge < -0.3 is 25.2 Å². The molecule has 4 N–H and O–H groups in total. The maximum atomic E-state index is 13.3. The molecule has 0 fully saturated rings. The zero-order valence-electron chi connectivity index (χ0n) is 20.2. The molecule has 0 spiro atoms. The molecule has 3 atom stereocenters. The molecular weight excluding hydrogens is 486 g/mol. The first-order chi connectivity index (χ1) is 17.6. The molecule has 0 aliphatic carbocycles. The number of nitrogens with one attached hydrogen (secondary N) is 1. The van der Waals surface area contributed by atoms with E-state index < -0.39 is 42.7 Å². The Morgan fingerprint density at radius 1 is 0.946 bits per heavy atom.